The first-order valence-corrected chi connectivity index (χ1v) is 11.7. The first kappa shape index (κ1) is 23.3. The maximum atomic E-state index is 13.0. The van der Waals surface area contributed by atoms with Crippen molar-refractivity contribution in [3.05, 3.63) is 71.5 Å². The van der Waals surface area contributed by atoms with Crippen LogP contribution in [-0.2, 0) is 16.6 Å². The van der Waals surface area contributed by atoms with Crippen molar-refractivity contribution in [3.8, 4) is 5.75 Å². The summed E-state index contributed by atoms with van der Waals surface area (Å²) in [5.41, 5.74) is 2.89. The fourth-order valence-electron chi connectivity index (χ4n) is 3.39. The van der Waals surface area contributed by atoms with Crippen molar-refractivity contribution < 1.29 is 17.9 Å². The van der Waals surface area contributed by atoms with Crippen molar-refractivity contribution in [2.75, 3.05) is 25.0 Å². The number of carbonyl (C=O) groups excluding carboxylic acids is 1. The maximum absolute atomic E-state index is 13.0. The van der Waals surface area contributed by atoms with Gasteiger partial charge in [-0.1, -0.05) is 12.1 Å². The third kappa shape index (κ3) is 5.11. The highest BCUT2D eigenvalue weighted by molar-refractivity contribution is 7.92. The Morgan fingerprint density at radius 1 is 1.12 bits per heavy atom. The van der Waals surface area contributed by atoms with Gasteiger partial charge in [-0.2, -0.15) is 5.10 Å². The van der Waals surface area contributed by atoms with Gasteiger partial charge in [0.25, 0.3) is 15.9 Å². The standard InChI is InChI=1S/C23H28N4O4S/c1-17-16-18(2)27(25-17)15-7-14-24-23(28)19-10-12-20(13-11-19)32(29,30)26(3)21-8-5-6-9-22(21)31-4/h5-6,8-13,16H,7,14-15H2,1-4H3,(H,24,28). The minimum Gasteiger partial charge on any atom is -0.495 e. The van der Waals surface area contributed by atoms with Crippen LogP contribution in [0.4, 0.5) is 5.69 Å². The van der Waals surface area contributed by atoms with Crippen LogP contribution in [0.15, 0.2) is 59.5 Å². The lowest BCUT2D eigenvalue weighted by molar-refractivity contribution is 0.0952. The van der Waals surface area contributed by atoms with Gasteiger partial charge in [0.2, 0.25) is 0 Å². The van der Waals surface area contributed by atoms with E-state index >= 15 is 0 Å². The van der Waals surface area contributed by atoms with E-state index in [-0.39, 0.29) is 10.8 Å². The molecule has 0 unspecified atom stereocenters. The van der Waals surface area contributed by atoms with Gasteiger partial charge in [0, 0.05) is 31.4 Å². The molecule has 0 aliphatic rings. The number of sulfonamides is 1. The molecule has 2 aromatic carbocycles. The molecule has 0 radical (unpaired) electrons. The van der Waals surface area contributed by atoms with Crippen LogP contribution in [0.25, 0.3) is 0 Å². The van der Waals surface area contributed by atoms with Crippen LogP contribution in [-0.4, -0.2) is 44.8 Å². The number of hydrogen-bond donors (Lipinski definition) is 1. The highest BCUT2D eigenvalue weighted by Crippen LogP contribution is 2.30. The van der Waals surface area contributed by atoms with Crippen LogP contribution in [0, 0.1) is 13.8 Å². The third-order valence-corrected chi connectivity index (χ3v) is 6.92. The molecule has 8 nitrogen and oxygen atoms in total. The van der Waals surface area contributed by atoms with Gasteiger partial charge in [-0.15, -0.1) is 0 Å². The molecular weight excluding hydrogens is 428 g/mol. The molecule has 3 rings (SSSR count). The SMILES string of the molecule is COc1ccccc1N(C)S(=O)(=O)c1ccc(C(=O)NCCCn2nc(C)cc2C)cc1. The van der Waals surface area contributed by atoms with E-state index in [9.17, 15) is 13.2 Å². The Kier molecular flexibility index (Phi) is 7.19. The van der Waals surface area contributed by atoms with Crippen molar-refractivity contribution in [2.45, 2.75) is 31.7 Å². The van der Waals surface area contributed by atoms with Gasteiger partial charge in [0.15, 0.2) is 0 Å². The predicted octanol–water partition coefficient (Wildman–Crippen LogP) is 3.15. The minimum atomic E-state index is -3.81. The van der Waals surface area contributed by atoms with Gasteiger partial charge >= 0.3 is 0 Å². The van der Waals surface area contributed by atoms with Crippen molar-refractivity contribution in [1.82, 2.24) is 15.1 Å². The zero-order chi connectivity index (χ0) is 23.3. The molecule has 0 spiro atoms. The molecule has 32 heavy (non-hydrogen) atoms. The number of nitrogens with one attached hydrogen (secondary N) is 1. The monoisotopic (exact) mass is 456 g/mol. The Bertz CT molecular complexity index is 1190. The summed E-state index contributed by atoms with van der Waals surface area (Å²) in [4.78, 5) is 12.5. The average Bonchev–Trinajstić information content (AvgIpc) is 3.12. The second kappa shape index (κ2) is 9.86. The van der Waals surface area contributed by atoms with Gasteiger partial charge < -0.3 is 10.1 Å². The summed E-state index contributed by atoms with van der Waals surface area (Å²) in [7, 11) is -0.850. The van der Waals surface area contributed by atoms with Crippen LogP contribution >= 0.6 is 0 Å². The molecule has 0 aliphatic carbocycles. The second-order valence-corrected chi connectivity index (χ2v) is 9.40. The Morgan fingerprint density at radius 3 is 2.44 bits per heavy atom. The lowest BCUT2D eigenvalue weighted by Gasteiger charge is -2.21. The Balaban J connectivity index is 1.62. The van der Waals surface area contributed by atoms with E-state index in [1.165, 1.54) is 42.7 Å². The summed E-state index contributed by atoms with van der Waals surface area (Å²) in [5, 5.41) is 7.26. The number of amides is 1. The van der Waals surface area contributed by atoms with Crippen molar-refractivity contribution in [1.29, 1.82) is 0 Å². The molecule has 170 valence electrons. The Hall–Kier alpha value is -3.33. The van der Waals surface area contributed by atoms with E-state index in [1.807, 2.05) is 24.6 Å². The number of hydrogen-bond acceptors (Lipinski definition) is 5. The molecule has 0 fully saturated rings. The first-order valence-electron chi connectivity index (χ1n) is 10.3. The summed E-state index contributed by atoms with van der Waals surface area (Å²) >= 11 is 0. The molecule has 0 aliphatic heterocycles. The van der Waals surface area contributed by atoms with Crippen LogP contribution in [0.2, 0.25) is 0 Å². The predicted molar refractivity (Wildman–Crippen MR) is 124 cm³/mol. The number of aryl methyl sites for hydroxylation is 3. The zero-order valence-electron chi connectivity index (χ0n) is 18.7. The molecule has 0 atom stereocenters. The zero-order valence-corrected chi connectivity index (χ0v) is 19.5. The number of para-hydroxylation sites is 2. The molecule has 1 N–H and O–H groups in total. The number of benzene rings is 2. The number of carbonyl (C=O) groups is 1. The lowest BCUT2D eigenvalue weighted by Crippen LogP contribution is -2.27. The van der Waals surface area contributed by atoms with E-state index in [2.05, 4.69) is 10.4 Å². The molecule has 1 amide bonds. The number of ether oxygens (including phenoxy) is 1. The van der Waals surface area contributed by atoms with Gasteiger partial charge in [-0.3, -0.25) is 13.8 Å². The van der Waals surface area contributed by atoms with Gasteiger partial charge in [0.05, 0.1) is 23.4 Å². The van der Waals surface area contributed by atoms with E-state index in [4.69, 9.17) is 4.74 Å². The molecule has 1 aromatic heterocycles. The van der Waals surface area contributed by atoms with E-state index in [0.717, 1.165) is 17.8 Å². The fraction of sp³-hybridized carbons (Fsp3) is 0.304. The quantitative estimate of drug-likeness (QED) is 0.499. The summed E-state index contributed by atoms with van der Waals surface area (Å²) in [5.74, 6) is 0.204. The van der Waals surface area contributed by atoms with E-state index in [0.29, 0.717) is 30.1 Å². The molecule has 3 aromatic rings. The minimum absolute atomic E-state index is 0.0898. The molecular formula is C23H28N4O4S. The Labute approximate surface area is 188 Å². The van der Waals surface area contributed by atoms with Crippen LogP contribution in [0.5, 0.6) is 5.75 Å². The highest BCUT2D eigenvalue weighted by Gasteiger charge is 2.23. The van der Waals surface area contributed by atoms with Gasteiger partial charge in [-0.25, -0.2) is 8.42 Å². The Morgan fingerprint density at radius 2 is 1.81 bits per heavy atom. The average molecular weight is 457 g/mol. The number of aromatic nitrogens is 2. The molecule has 0 saturated heterocycles. The summed E-state index contributed by atoms with van der Waals surface area (Å²) in [6.45, 7) is 5.16. The highest BCUT2D eigenvalue weighted by atomic mass is 32.2. The molecule has 0 bridgehead atoms. The van der Waals surface area contributed by atoms with E-state index in [1.54, 1.807) is 24.3 Å². The number of methoxy groups -OCH3 is 1. The summed E-state index contributed by atoms with van der Waals surface area (Å²) in [6, 6.07) is 14.8. The van der Waals surface area contributed by atoms with E-state index < -0.39 is 10.0 Å². The third-order valence-electron chi connectivity index (χ3n) is 5.13. The van der Waals surface area contributed by atoms with Gasteiger partial charge in [0.1, 0.15) is 5.75 Å². The molecule has 1 heterocycles. The largest absolute Gasteiger partial charge is 0.495 e. The lowest BCUT2D eigenvalue weighted by atomic mass is 10.2. The molecule has 9 heteroatoms. The van der Waals surface area contributed by atoms with Crippen LogP contribution in [0.1, 0.15) is 28.2 Å². The number of nitrogens with zero attached hydrogens (tertiary/aromatic N) is 3. The smallest absolute Gasteiger partial charge is 0.264 e. The number of anilines is 1. The van der Waals surface area contributed by atoms with Crippen LogP contribution in [0.3, 0.4) is 0 Å². The second-order valence-electron chi connectivity index (χ2n) is 7.43. The first-order chi connectivity index (χ1) is 15.2. The summed E-state index contributed by atoms with van der Waals surface area (Å²) < 4.78 is 34.4. The fourth-order valence-corrected chi connectivity index (χ4v) is 4.60. The number of rotatable bonds is 9. The van der Waals surface area contributed by atoms with Crippen LogP contribution < -0.4 is 14.4 Å². The van der Waals surface area contributed by atoms with Crippen molar-refractivity contribution >= 4 is 21.6 Å². The van der Waals surface area contributed by atoms with Gasteiger partial charge in [-0.05, 0) is 62.7 Å². The summed E-state index contributed by atoms with van der Waals surface area (Å²) in [6.07, 6.45) is 0.740. The molecule has 0 saturated carbocycles. The topological polar surface area (TPSA) is 93.5 Å². The maximum Gasteiger partial charge on any atom is 0.264 e. The van der Waals surface area contributed by atoms with Crippen molar-refractivity contribution in [3.63, 3.8) is 0 Å². The van der Waals surface area contributed by atoms with Crippen molar-refractivity contribution in [2.24, 2.45) is 0 Å². The normalized spacial score (nSPS) is 11.2.